The second kappa shape index (κ2) is 7.05. The molecule has 3 heterocycles. The number of H-pyrrole nitrogens is 1. The highest BCUT2D eigenvalue weighted by molar-refractivity contribution is 7.18. The van der Waals surface area contributed by atoms with Crippen LogP contribution in [0.15, 0.2) is 4.79 Å². The third kappa shape index (κ3) is 3.53. The van der Waals surface area contributed by atoms with Crippen LogP contribution in [0.25, 0.3) is 10.2 Å². The van der Waals surface area contributed by atoms with Gasteiger partial charge < -0.3 is 9.88 Å². The highest BCUT2D eigenvalue weighted by Gasteiger charge is 2.19. The maximum absolute atomic E-state index is 12.4. The normalized spacial score (nSPS) is 18.8. The molecule has 1 aliphatic heterocycles. The topological polar surface area (TPSA) is 66.1 Å². The van der Waals surface area contributed by atoms with E-state index in [1.165, 1.54) is 6.42 Å². The number of fused-ring (bicyclic) bond motifs is 1. The molecule has 1 atom stereocenters. The quantitative estimate of drug-likeness (QED) is 0.927. The van der Waals surface area contributed by atoms with Crippen molar-refractivity contribution in [3.05, 3.63) is 26.6 Å². The van der Waals surface area contributed by atoms with Crippen molar-refractivity contribution in [2.45, 2.75) is 52.9 Å². The first-order valence-electron chi connectivity index (χ1n) is 8.72. The summed E-state index contributed by atoms with van der Waals surface area (Å²) in [6.45, 7) is 7.92. The fraction of sp³-hybridized carbons (Fsp3) is 0.611. The number of aryl methyl sites for hydroxylation is 3. The minimum absolute atomic E-state index is 0.0899. The second-order valence-electron chi connectivity index (χ2n) is 6.89. The van der Waals surface area contributed by atoms with Crippen LogP contribution in [0.2, 0.25) is 0 Å². The van der Waals surface area contributed by atoms with Crippen LogP contribution in [-0.2, 0) is 11.2 Å². The number of thiophene rings is 1. The number of aromatic nitrogens is 2. The summed E-state index contributed by atoms with van der Waals surface area (Å²) in [5.41, 5.74) is 0.915. The van der Waals surface area contributed by atoms with E-state index in [2.05, 4.69) is 16.9 Å². The Morgan fingerprint density at radius 1 is 1.33 bits per heavy atom. The van der Waals surface area contributed by atoms with Gasteiger partial charge in [-0.1, -0.05) is 6.92 Å². The van der Waals surface area contributed by atoms with E-state index in [1.807, 2.05) is 18.7 Å². The standard InChI is InChI=1S/C18H25N3O2S/c1-11-5-4-9-21(10-8-11)15(22)7-6-14-19-17(23)16-12(2)13(3)24-18(16)20-14/h11H,4-10H2,1-3H3,(H,19,20,23). The molecule has 130 valence electrons. The summed E-state index contributed by atoms with van der Waals surface area (Å²) < 4.78 is 0. The van der Waals surface area contributed by atoms with Crippen LogP contribution >= 0.6 is 11.3 Å². The Balaban J connectivity index is 1.69. The van der Waals surface area contributed by atoms with Crippen molar-refractivity contribution in [2.24, 2.45) is 5.92 Å². The summed E-state index contributed by atoms with van der Waals surface area (Å²) in [6, 6.07) is 0. The first-order valence-corrected chi connectivity index (χ1v) is 9.54. The minimum Gasteiger partial charge on any atom is -0.343 e. The Morgan fingerprint density at radius 3 is 2.92 bits per heavy atom. The van der Waals surface area contributed by atoms with Crippen molar-refractivity contribution in [3.8, 4) is 0 Å². The number of carbonyl (C=O) groups is 1. The molecule has 3 rings (SSSR count). The number of carbonyl (C=O) groups excluding carboxylic acids is 1. The molecule has 6 heteroatoms. The van der Waals surface area contributed by atoms with Gasteiger partial charge in [0.15, 0.2) is 0 Å². The van der Waals surface area contributed by atoms with Crippen LogP contribution in [0.4, 0.5) is 0 Å². The molecule has 1 unspecified atom stereocenters. The van der Waals surface area contributed by atoms with E-state index >= 15 is 0 Å². The Kier molecular flexibility index (Phi) is 5.04. The molecule has 0 aromatic carbocycles. The van der Waals surface area contributed by atoms with Crippen molar-refractivity contribution >= 4 is 27.5 Å². The molecule has 1 saturated heterocycles. The van der Waals surface area contributed by atoms with E-state index in [0.29, 0.717) is 30.0 Å². The summed E-state index contributed by atoms with van der Waals surface area (Å²) in [6.07, 6.45) is 4.27. The number of aromatic amines is 1. The lowest BCUT2D eigenvalue weighted by atomic mass is 10.0. The summed E-state index contributed by atoms with van der Waals surface area (Å²) in [7, 11) is 0. The molecule has 2 aromatic rings. The first-order chi connectivity index (χ1) is 11.5. The number of amides is 1. The molecule has 2 aromatic heterocycles. The SMILES string of the molecule is Cc1sc2nc(CCC(=O)N3CCCC(C)CC3)[nH]c(=O)c2c1C. The third-order valence-electron chi connectivity index (χ3n) is 5.03. The molecule has 0 aliphatic carbocycles. The average molecular weight is 347 g/mol. The Bertz CT molecular complexity index is 808. The second-order valence-corrected chi connectivity index (χ2v) is 8.10. The number of rotatable bonds is 3. The van der Waals surface area contributed by atoms with E-state index < -0.39 is 0 Å². The molecule has 0 radical (unpaired) electrons. The Morgan fingerprint density at radius 2 is 2.12 bits per heavy atom. The van der Waals surface area contributed by atoms with Gasteiger partial charge in [0.1, 0.15) is 10.7 Å². The molecule has 1 fully saturated rings. The zero-order chi connectivity index (χ0) is 17.3. The zero-order valence-corrected chi connectivity index (χ0v) is 15.5. The largest absolute Gasteiger partial charge is 0.343 e. The van der Waals surface area contributed by atoms with E-state index in [9.17, 15) is 9.59 Å². The molecule has 0 saturated carbocycles. The summed E-state index contributed by atoms with van der Waals surface area (Å²) in [5.74, 6) is 1.49. The maximum Gasteiger partial charge on any atom is 0.259 e. The molecular formula is C18H25N3O2S. The first kappa shape index (κ1) is 17.1. The van der Waals surface area contributed by atoms with E-state index in [1.54, 1.807) is 11.3 Å². The zero-order valence-electron chi connectivity index (χ0n) is 14.6. The highest BCUT2D eigenvalue weighted by Crippen LogP contribution is 2.25. The van der Waals surface area contributed by atoms with Gasteiger partial charge in [-0.3, -0.25) is 9.59 Å². The highest BCUT2D eigenvalue weighted by atomic mass is 32.1. The van der Waals surface area contributed by atoms with Crippen molar-refractivity contribution in [2.75, 3.05) is 13.1 Å². The molecule has 1 N–H and O–H groups in total. The molecule has 1 aliphatic rings. The lowest BCUT2D eigenvalue weighted by molar-refractivity contribution is -0.131. The van der Waals surface area contributed by atoms with Crippen molar-refractivity contribution in [1.29, 1.82) is 0 Å². The van der Waals surface area contributed by atoms with Crippen LogP contribution in [0.3, 0.4) is 0 Å². The number of hydrogen-bond donors (Lipinski definition) is 1. The van der Waals surface area contributed by atoms with Gasteiger partial charge in [0.2, 0.25) is 5.91 Å². The maximum atomic E-state index is 12.4. The Hall–Kier alpha value is -1.69. The molecule has 24 heavy (non-hydrogen) atoms. The van der Waals surface area contributed by atoms with Crippen LogP contribution in [0, 0.1) is 19.8 Å². The number of likely N-dealkylation sites (tertiary alicyclic amines) is 1. The van der Waals surface area contributed by atoms with Crippen LogP contribution in [0.5, 0.6) is 0 Å². The lowest BCUT2D eigenvalue weighted by Crippen LogP contribution is -2.32. The summed E-state index contributed by atoms with van der Waals surface area (Å²) >= 11 is 1.55. The number of nitrogens with zero attached hydrogens (tertiary/aromatic N) is 2. The fourth-order valence-electron chi connectivity index (χ4n) is 3.31. The molecule has 5 nitrogen and oxygen atoms in total. The predicted octanol–water partition coefficient (Wildman–Crippen LogP) is 3.18. The molecule has 0 spiro atoms. The van der Waals surface area contributed by atoms with Gasteiger partial charge in [0.05, 0.1) is 5.39 Å². The minimum atomic E-state index is -0.0899. The Labute approximate surface area is 146 Å². The van der Waals surface area contributed by atoms with Crippen molar-refractivity contribution in [1.82, 2.24) is 14.9 Å². The van der Waals surface area contributed by atoms with Crippen LogP contribution in [-0.4, -0.2) is 33.9 Å². The van der Waals surface area contributed by atoms with E-state index in [-0.39, 0.29) is 11.5 Å². The van der Waals surface area contributed by atoms with Crippen LogP contribution in [0.1, 0.15) is 48.9 Å². The van der Waals surface area contributed by atoms with E-state index in [4.69, 9.17) is 0 Å². The van der Waals surface area contributed by atoms with E-state index in [0.717, 1.165) is 41.2 Å². The van der Waals surface area contributed by atoms with Crippen molar-refractivity contribution in [3.63, 3.8) is 0 Å². The third-order valence-corrected chi connectivity index (χ3v) is 6.13. The van der Waals surface area contributed by atoms with Gasteiger partial charge in [-0.05, 0) is 44.6 Å². The van der Waals surface area contributed by atoms with Gasteiger partial charge >= 0.3 is 0 Å². The summed E-state index contributed by atoms with van der Waals surface area (Å²) in [4.78, 5) is 36.0. The fourth-order valence-corrected chi connectivity index (χ4v) is 4.36. The lowest BCUT2D eigenvalue weighted by Gasteiger charge is -2.20. The summed E-state index contributed by atoms with van der Waals surface area (Å²) in [5, 5.41) is 0.689. The monoisotopic (exact) mass is 347 g/mol. The molecule has 1 amide bonds. The number of nitrogens with one attached hydrogen (secondary N) is 1. The van der Waals surface area contributed by atoms with Crippen molar-refractivity contribution < 1.29 is 4.79 Å². The smallest absolute Gasteiger partial charge is 0.259 e. The average Bonchev–Trinajstić information content (AvgIpc) is 2.71. The molecular weight excluding hydrogens is 322 g/mol. The van der Waals surface area contributed by atoms with Crippen LogP contribution < -0.4 is 5.56 Å². The van der Waals surface area contributed by atoms with Gasteiger partial charge in [0, 0.05) is 30.8 Å². The van der Waals surface area contributed by atoms with Gasteiger partial charge in [0.25, 0.3) is 5.56 Å². The molecule has 0 bridgehead atoms. The van der Waals surface area contributed by atoms with Gasteiger partial charge in [-0.2, -0.15) is 0 Å². The predicted molar refractivity (Wildman–Crippen MR) is 97.6 cm³/mol. The number of hydrogen-bond acceptors (Lipinski definition) is 4. The van der Waals surface area contributed by atoms with Gasteiger partial charge in [-0.25, -0.2) is 4.98 Å². The van der Waals surface area contributed by atoms with Gasteiger partial charge in [-0.15, -0.1) is 11.3 Å².